The van der Waals surface area contributed by atoms with Crippen molar-refractivity contribution in [2.45, 2.75) is 0 Å². The predicted octanol–water partition coefficient (Wildman–Crippen LogP) is -0.181. The Morgan fingerprint density at radius 3 is 3.00 bits per heavy atom. The summed E-state index contributed by atoms with van der Waals surface area (Å²) in [5.74, 6) is -0.913. The quantitative estimate of drug-likeness (QED) is 0.447. The molecule has 0 saturated heterocycles. The van der Waals surface area contributed by atoms with Crippen LogP contribution in [0.1, 0.15) is 0 Å². The van der Waals surface area contributed by atoms with Crippen molar-refractivity contribution in [3.8, 4) is 0 Å². The van der Waals surface area contributed by atoms with E-state index in [0.717, 1.165) is 0 Å². The van der Waals surface area contributed by atoms with Crippen LogP contribution in [0, 0.1) is 16.0 Å². The molecule has 13 heavy (non-hydrogen) atoms. The molecule has 1 heterocycles. The van der Waals surface area contributed by atoms with Crippen molar-refractivity contribution in [3.05, 3.63) is 34.0 Å². The predicted molar refractivity (Wildman–Crippen MR) is 43.3 cm³/mol. The lowest BCUT2D eigenvalue weighted by atomic mass is 9.97. The highest BCUT2D eigenvalue weighted by atomic mass is 16.6. The molecule has 0 spiro atoms. The maximum atomic E-state index is 11.0. The third-order valence-electron chi connectivity index (χ3n) is 1.87. The van der Waals surface area contributed by atoms with E-state index in [0.29, 0.717) is 5.71 Å². The maximum Gasteiger partial charge on any atom is 0.266 e. The van der Waals surface area contributed by atoms with E-state index in [4.69, 9.17) is 0 Å². The van der Waals surface area contributed by atoms with E-state index in [1.807, 2.05) is 0 Å². The highest BCUT2D eigenvalue weighted by molar-refractivity contribution is 6.15. The van der Waals surface area contributed by atoms with Crippen LogP contribution >= 0.6 is 0 Å². The zero-order valence-corrected chi connectivity index (χ0v) is 6.43. The topological polar surface area (TPSA) is 84.6 Å². The minimum absolute atomic E-state index is 0.0685. The highest BCUT2D eigenvalue weighted by Gasteiger charge is 2.31. The van der Waals surface area contributed by atoms with Gasteiger partial charge >= 0.3 is 0 Å². The molecule has 0 saturated carbocycles. The maximum absolute atomic E-state index is 11.0. The zero-order valence-electron chi connectivity index (χ0n) is 6.43. The number of amides is 1. The second-order valence-corrected chi connectivity index (χ2v) is 2.67. The lowest BCUT2D eigenvalue weighted by molar-refractivity contribution is -0.419. The molecule has 0 fully saturated rings. The van der Waals surface area contributed by atoms with Crippen LogP contribution in [0.25, 0.3) is 0 Å². The molecule has 2 aliphatic rings. The molecule has 6 nitrogen and oxygen atoms in total. The number of hydrogen-bond acceptors (Lipinski definition) is 4. The van der Waals surface area contributed by atoms with Crippen LogP contribution < -0.4 is 5.43 Å². The summed E-state index contributed by atoms with van der Waals surface area (Å²) in [7, 11) is 0. The van der Waals surface area contributed by atoms with Crippen LogP contribution in [0.15, 0.2) is 29.0 Å². The Kier molecular flexibility index (Phi) is 1.48. The van der Waals surface area contributed by atoms with Crippen molar-refractivity contribution < 1.29 is 9.72 Å². The van der Waals surface area contributed by atoms with Crippen molar-refractivity contribution in [2.24, 2.45) is 11.0 Å². The monoisotopic (exact) mass is 179 g/mol. The van der Waals surface area contributed by atoms with E-state index < -0.39 is 10.8 Å². The van der Waals surface area contributed by atoms with E-state index in [1.54, 1.807) is 0 Å². The van der Waals surface area contributed by atoms with Crippen molar-refractivity contribution in [1.82, 2.24) is 5.43 Å². The molecule has 1 amide bonds. The third kappa shape index (κ3) is 1.12. The van der Waals surface area contributed by atoms with Crippen LogP contribution in [0.4, 0.5) is 0 Å². The normalized spacial score (nSPS) is 24.6. The van der Waals surface area contributed by atoms with Crippen LogP contribution in [-0.2, 0) is 4.79 Å². The van der Waals surface area contributed by atoms with Crippen LogP contribution in [0.2, 0.25) is 0 Å². The second-order valence-electron chi connectivity index (χ2n) is 2.67. The van der Waals surface area contributed by atoms with Crippen LogP contribution in [-0.4, -0.2) is 16.5 Å². The number of rotatable bonds is 1. The van der Waals surface area contributed by atoms with Gasteiger partial charge in [-0.25, -0.2) is 5.43 Å². The number of hydrogen-bond donors (Lipinski definition) is 1. The van der Waals surface area contributed by atoms with E-state index in [9.17, 15) is 14.9 Å². The van der Waals surface area contributed by atoms with Crippen molar-refractivity contribution in [1.29, 1.82) is 0 Å². The molecule has 0 aromatic heterocycles. The van der Waals surface area contributed by atoms with Crippen molar-refractivity contribution >= 4 is 11.6 Å². The smallest absolute Gasteiger partial charge is 0.266 e. The summed E-state index contributed by atoms with van der Waals surface area (Å²) >= 11 is 0. The molecule has 0 aromatic rings. The molecule has 1 unspecified atom stereocenters. The standard InChI is InChI=1S/C7H5N3O3/c11-7-5-3-4(10(12)13)1-2-6(5)8-9-7/h1-3,5H,(H,9,11). The summed E-state index contributed by atoms with van der Waals surface area (Å²) in [6, 6.07) is 0. The summed E-state index contributed by atoms with van der Waals surface area (Å²) in [4.78, 5) is 20.9. The third-order valence-corrected chi connectivity index (χ3v) is 1.87. The molecule has 1 N–H and O–H groups in total. The first kappa shape index (κ1) is 7.66. The highest BCUT2D eigenvalue weighted by Crippen LogP contribution is 2.18. The van der Waals surface area contributed by atoms with Crippen molar-refractivity contribution in [2.75, 3.05) is 0 Å². The van der Waals surface area contributed by atoms with Gasteiger partial charge in [-0.3, -0.25) is 14.9 Å². The molecule has 6 heteroatoms. The number of nitrogens with one attached hydrogen (secondary N) is 1. The Labute approximate surface area is 72.8 Å². The SMILES string of the molecule is O=C1NN=C2C=CC([N+](=O)[O-])=CC12. The fourth-order valence-corrected chi connectivity index (χ4v) is 1.21. The number of carbonyl (C=O) groups excluding carboxylic acids is 1. The molecular formula is C7H5N3O3. The molecule has 0 radical (unpaired) electrons. The number of fused-ring (bicyclic) bond motifs is 1. The number of hydrazone groups is 1. The summed E-state index contributed by atoms with van der Waals surface area (Å²) in [6.45, 7) is 0. The zero-order chi connectivity index (χ0) is 9.42. The minimum atomic E-state index is -0.592. The van der Waals surface area contributed by atoms with E-state index in [1.165, 1.54) is 18.2 Å². The van der Waals surface area contributed by atoms with Gasteiger partial charge in [-0.15, -0.1) is 0 Å². The molecular weight excluding hydrogens is 174 g/mol. The molecule has 1 aliphatic carbocycles. The first-order valence-electron chi connectivity index (χ1n) is 3.60. The molecule has 66 valence electrons. The Morgan fingerprint density at radius 2 is 2.31 bits per heavy atom. The van der Waals surface area contributed by atoms with Gasteiger partial charge < -0.3 is 0 Å². The molecule has 1 aliphatic heterocycles. The summed E-state index contributed by atoms with van der Waals surface area (Å²) < 4.78 is 0. The van der Waals surface area contributed by atoms with Gasteiger partial charge in [0.25, 0.3) is 11.6 Å². The van der Waals surface area contributed by atoms with Gasteiger partial charge in [0.1, 0.15) is 5.92 Å². The fourth-order valence-electron chi connectivity index (χ4n) is 1.21. The van der Waals surface area contributed by atoms with Gasteiger partial charge in [-0.05, 0) is 6.08 Å². The Bertz CT molecular complexity index is 380. The number of nitro groups is 1. The van der Waals surface area contributed by atoms with E-state index in [2.05, 4.69) is 10.5 Å². The number of carbonyl (C=O) groups is 1. The number of allylic oxidation sites excluding steroid dienone is 2. The van der Waals surface area contributed by atoms with Gasteiger partial charge in [0.2, 0.25) is 0 Å². The summed E-state index contributed by atoms with van der Waals surface area (Å²) in [5, 5.41) is 14.1. The van der Waals surface area contributed by atoms with Gasteiger partial charge in [-0.1, -0.05) is 0 Å². The lowest BCUT2D eigenvalue weighted by Gasteiger charge is -2.04. The Hall–Kier alpha value is -1.98. The molecule has 0 bridgehead atoms. The molecule has 0 aromatic carbocycles. The fraction of sp³-hybridized carbons (Fsp3) is 0.143. The van der Waals surface area contributed by atoms with Gasteiger partial charge in [0.15, 0.2) is 0 Å². The summed E-state index contributed by atoms with van der Waals surface area (Å²) in [5.41, 5.74) is 2.71. The first-order valence-corrected chi connectivity index (χ1v) is 3.60. The first-order chi connectivity index (χ1) is 6.18. The Balaban J connectivity index is 2.36. The number of nitrogens with zero attached hydrogens (tertiary/aromatic N) is 2. The van der Waals surface area contributed by atoms with Crippen LogP contribution in [0.5, 0.6) is 0 Å². The van der Waals surface area contributed by atoms with E-state index in [-0.39, 0.29) is 11.6 Å². The van der Waals surface area contributed by atoms with Gasteiger partial charge in [0.05, 0.1) is 10.6 Å². The average Bonchev–Trinajstić information content (AvgIpc) is 2.47. The molecule has 2 rings (SSSR count). The Morgan fingerprint density at radius 1 is 1.54 bits per heavy atom. The lowest BCUT2D eigenvalue weighted by Crippen LogP contribution is -2.23. The largest absolute Gasteiger partial charge is 0.272 e. The van der Waals surface area contributed by atoms with E-state index >= 15 is 0 Å². The van der Waals surface area contributed by atoms with Gasteiger partial charge in [0, 0.05) is 12.2 Å². The second kappa shape index (κ2) is 2.51. The average molecular weight is 179 g/mol. The van der Waals surface area contributed by atoms with Gasteiger partial charge in [-0.2, -0.15) is 5.10 Å². The van der Waals surface area contributed by atoms with Crippen molar-refractivity contribution in [3.63, 3.8) is 0 Å². The summed E-state index contributed by atoms with van der Waals surface area (Å²) in [6.07, 6.45) is 4.09. The van der Waals surface area contributed by atoms with Crippen LogP contribution in [0.3, 0.4) is 0 Å². The minimum Gasteiger partial charge on any atom is -0.272 e. The molecule has 1 atom stereocenters.